The smallest absolute Gasteiger partial charge is 0.346 e. The first-order valence-electron chi connectivity index (χ1n) is 7.34. The number of benzene rings is 2. The number of para-hydroxylation sites is 1. The second-order valence-electron chi connectivity index (χ2n) is 5.20. The zero-order valence-electron chi connectivity index (χ0n) is 12.9. The molecule has 0 spiro atoms. The number of rotatable bonds is 4. The monoisotopic (exact) mass is 393 g/mol. The molecule has 1 aromatic heterocycles. The third kappa shape index (κ3) is 3.67. The van der Waals surface area contributed by atoms with Crippen LogP contribution in [-0.4, -0.2) is 20.9 Å². The Labute approximate surface area is 152 Å². The highest BCUT2D eigenvalue weighted by atomic mass is 79.9. The van der Waals surface area contributed by atoms with Gasteiger partial charge >= 0.3 is 5.97 Å². The van der Waals surface area contributed by atoms with Gasteiger partial charge in [0.2, 0.25) is 0 Å². The molecule has 0 amide bonds. The molecule has 0 fully saturated rings. The van der Waals surface area contributed by atoms with Crippen LogP contribution >= 0.6 is 15.9 Å². The van der Waals surface area contributed by atoms with E-state index in [1.54, 1.807) is 16.9 Å². The van der Waals surface area contributed by atoms with E-state index >= 15 is 0 Å². The summed E-state index contributed by atoms with van der Waals surface area (Å²) in [5, 5.41) is 22.8. The highest BCUT2D eigenvalue weighted by Crippen LogP contribution is 2.27. The van der Waals surface area contributed by atoms with E-state index in [2.05, 4.69) is 21.0 Å². The minimum absolute atomic E-state index is 0.344. The topological polar surface area (TPSA) is 78.9 Å². The van der Waals surface area contributed by atoms with Crippen molar-refractivity contribution < 1.29 is 9.90 Å². The van der Waals surface area contributed by atoms with Crippen molar-refractivity contribution in [2.75, 3.05) is 0 Å². The van der Waals surface area contributed by atoms with Crippen LogP contribution in [0.4, 0.5) is 0 Å². The third-order valence-electron chi connectivity index (χ3n) is 3.51. The Balaban J connectivity index is 2.20. The molecule has 6 heteroatoms. The number of hydrogen-bond acceptors (Lipinski definition) is 3. The summed E-state index contributed by atoms with van der Waals surface area (Å²) in [5.41, 5.74) is 2.47. The maximum Gasteiger partial charge on any atom is 0.346 e. The Morgan fingerprint density at radius 3 is 2.60 bits per heavy atom. The van der Waals surface area contributed by atoms with Crippen molar-refractivity contribution in [3.63, 3.8) is 0 Å². The number of carboxylic acids is 1. The fraction of sp³-hybridized carbons (Fsp3) is 0. The van der Waals surface area contributed by atoms with Crippen molar-refractivity contribution in [2.45, 2.75) is 0 Å². The predicted octanol–water partition coefficient (Wildman–Crippen LogP) is 4.29. The lowest BCUT2D eigenvalue weighted by Crippen LogP contribution is -1.97. The van der Waals surface area contributed by atoms with Crippen LogP contribution in [0.2, 0.25) is 0 Å². The van der Waals surface area contributed by atoms with Crippen molar-refractivity contribution in [3.8, 4) is 23.0 Å². The first-order valence-corrected chi connectivity index (χ1v) is 8.14. The van der Waals surface area contributed by atoms with Gasteiger partial charge in [-0.05, 0) is 30.3 Å². The zero-order valence-corrected chi connectivity index (χ0v) is 14.5. The van der Waals surface area contributed by atoms with Crippen LogP contribution in [0.15, 0.2) is 70.8 Å². The molecule has 0 unspecified atom stereocenters. The van der Waals surface area contributed by atoms with Gasteiger partial charge in [-0.15, -0.1) is 0 Å². The van der Waals surface area contributed by atoms with Crippen LogP contribution in [0.3, 0.4) is 0 Å². The number of aromatic nitrogens is 2. The highest BCUT2D eigenvalue weighted by Gasteiger charge is 2.14. The molecule has 0 radical (unpaired) electrons. The van der Waals surface area contributed by atoms with Gasteiger partial charge in [0.25, 0.3) is 0 Å². The lowest BCUT2D eigenvalue weighted by molar-refractivity contribution is -0.132. The summed E-state index contributed by atoms with van der Waals surface area (Å²) >= 11 is 3.43. The largest absolute Gasteiger partial charge is 0.477 e. The fourth-order valence-electron chi connectivity index (χ4n) is 2.36. The van der Waals surface area contributed by atoms with Gasteiger partial charge < -0.3 is 5.11 Å². The summed E-state index contributed by atoms with van der Waals surface area (Å²) in [4.78, 5) is 11.2. The van der Waals surface area contributed by atoms with Gasteiger partial charge in [-0.3, -0.25) is 0 Å². The van der Waals surface area contributed by atoms with E-state index in [-0.39, 0.29) is 5.57 Å². The summed E-state index contributed by atoms with van der Waals surface area (Å²) in [6, 6.07) is 18.7. The molecule has 3 rings (SSSR count). The Bertz CT molecular complexity index is 1000. The molecule has 0 bridgehead atoms. The molecule has 1 N–H and O–H groups in total. The number of hydrogen-bond donors (Lipinski definition) is 1. The number of halogens is 1. The van der Waals surface area contributed by atoms with Crippen LogP contribution < -0.4 is 0 Å². The van der Waals surface area contributed by atoms with Crippen molar-refractivity contribution in [3.05, 3.63) is 76.4 Å². The molecule has 0 atom stereocenters. The molecule has 0 aliphatic carbocycles. The van der Waals surface area contributed by atoms with E-state index in [4.69, 9.17) is 10.4 Å². The number of nitrogens with zero attached hydrogens (tertiary/aromatic N) is 3. The van der Waals surface area contributed by atoms with Crippen molar-refractivity contribution in [1.29, 1.82) is 5.26 Å². The van der Waals surface area contributed by atoms with Gasteiger partial charge in [0.05, 0.1) is 5.69 Å². The number of nitriles is 1. The first-order chi connectivity index (χ1) is 12.1. The van der Waals surface area contributed by atoms with Crippen molar-refractivity contribution in [1.82, 2.24) is 9.78 Å². The van der Waals surface area contributed by atoms with E-state index in [1.807, 2.05) is 54.6 Å². The molecule has 0 saturated carbocycles. The van der Waals surface area contributed by atoms with E-state index in [9.17, 15) is 4.79 Å². The van der Waals surface area contributed by atoms with Gasteiger partial charge in [-0.25, -0.2) is 9.48 Å². The van der Waals surface area contributed by atoms with E-state index in [0.29, 0.717) is 11.3 Å². The average molecular weight is 394 g/mol. The molecular weight excluding hydrogens is 382 g/mol. The molecule has 0 aliphatic heterocycles. The lowest BCUT2D eigenvalue weighted by atomic mass is 10.1. The lowest BCUT2D eigenvalue weighted by Gasteiger charge is -2.01. The predicted molar refractivity (Wildman–Crippen MR) is 97.9 cm³/mol. The molecule has 0 saturated heterocycles. The number of carboxylic acid groups (broad SMARTS) is 1. The minimum atomic E-state index is -1.27. The molecule has 0 aliphatic rings. The van der Waals surface area contributed by atoms with E-state index < -0.39 is 5.97 Å². The van der Waals surface area contributed by atoms with E-state index in [0.717, 1.165) is 15.7 Å². The second-order valence-corrected chi connectivity index (χ2v) is 6.11. The third-order valence-corrected chi connectivity index (χ3v) is 4.01. The second kappa shape index (κ2) is 7.16. The Kier molecular flexibility index (Phi) is 4.78. The molecule has 5 nitrogen and oxygen atoms in total. The van der Waals surface area contributed by atoms with Crippen LogP contribution in [0.5, 0.6) is 0 Å². The quantitative estimate of drug-likeness (QED) is 0.529. The molecule has 25 heavy (non-hydrogen) atoms. The SMILES string of the molecule is N#C/C(=C\c1cn(-c2ccccc2)nc1-c1cccc(Br)c1)C(=O)O. The summed E-state index contributed by atoms with van der Waals surface area (Å²) in [6.45, 7) is 0. The maximum atomic E-state index is 11.2. The summed E-state index contributed by atoms with van der Waals surface area (Å²) in [5.74, 6) is -1.27. The Morgan fingerprint density at radius 1 is 1.20 bits per heavy atom. The molecule has 3 aromatic rings. The number of carbonyl (C=O) groups is 1. The Morgan fingerprint density at radius 2 is 1.96 bits per heavy atom. The van der Waals surface area contributed by atoms with E-state index in [1.165, 1.54) is 6.08 Å². The average Bonchev–Trinajstić information content (AvgIpc) is 3.04. The standard InChI is InChI=1S/C19H12BrN3O2/c20-16-6-4-5-13(10-16)18-15(9-14(11-21)19(24)25)12-23(22-18)17-7-2-1-3-8-17/h1-10,12H,(H,24,25)/b14-9+. The van der Waals surface area contributed by atoms with Crippen LogP contribution in [0, 0.1) is 11.3 Å². The van der Waals surface area contributed by atoms with Gasteiger partial charge in [-0.2, -0.15) is 10.4 Å². The van der Waals surface area contributed by atoms with Crippen LogP contribution in [-0.2, 0) is 4.79 Å². The molecule has 1 heterocycles. The number of aliphatic carboxylic acids is 1. The van der Waals surface area contributed by atoms with Crippen LogP contribution in [0.25, 0.3) is 23.0 Å². The van der Waals surface area contributed by atoms with Gasteiger partial charge in [0.15, 0.2) is 0 Å². The molecular formula is C19H12BrN3O2. The first kappa shape index (κ1) is 16.7. The zero-order chi connectivity index (χ0) is 17.8. The summed E-state index contributed by atoms with van der Waals surface area (Å²) in [7, 11) is 0. The van der Waals surface area contributed by atoms with Crippen molar-refractivity contribution in [2.24, 2.45) is 0 Å². The fourth-order valence-corrected chi connectivity index (χ4v) is 2.76. The van der Waals surface area contributed by atoms with Crippen molar-refractivity contribution >= 4 is 28.0 Å². The minimum Gasteiger partial charge on any atom is -0.477 e. The Hall–Kier alpha value is -3.17. The van der Waals surface area contributed by atoms with Gasteiger partial charge in [0, 0.05) is 21.8 Å². The highest BCUT2D eigenvalue weighted by molar-refractivity contribution is 9.10. The molecule has 122 valence electrons. The maximum absolute atomic E-state index is 11.2. The molecule has 2 aromatic carbocycles. The van der Waals surface area contributed by atoms with Gasteiger partial charge in [-0.1, -0.05) is 46.3 Å². The normalized spacial score (nSPS) is 11.1. The van der Waals surface area contributed by atoms with Gasteiger partial charge in [0.1, 0.15) is 17.3 Å². The van der Waals surface area contributed by atoms with Crippen LogP contribution in [0.1, 0.15) is 5.56 Å². The summed E-state index contributed by atoms with van der Waals surface area (Å²) in [6.07, 6.45) is 3.05. The summed E-state index contributed by atoms with van der Waals surface area (Å²) < 4.78 is 2.55.